The van der Waals surface area contributed by atoms with E-state index in [2.05, 4.69) is 12.2 Å². The fourth-order valence-electron chi connectivity index (χ4n) is 8.23. The van der Waals surface area contributed by atoms with Crippen molar-refractivity contribution in [1.82, 2.24) is 0 Å². The molecule has 0 N–H and O–H groups in total. The summed E-state index contributed by atoms with van der Waals surface area (Å²) in [5.41, 5.74) is 3.62. The van der Waals surface area contributed by atoms with Crippen molar-refractivity contribution in [2.75, 3.05) is 4.90 Å². The van der Waals surface area contributed by atoms with Gasteiger partial charge in [0.05, 0.1) is 17.5 Å². The van der Waals surface area contributed by atoms with E-state index in [0.717, 1.165) is 11.8 Å². The number of hydrogen-bond donors (Lipinski definition) is 0. The van der Waals surface area contributed by atoms with Gasteiger partial charge in [0.1, 0.15) is 0 Å². The summed E-state index contributed by atoms with van der Waals surface area (Å²) in [7, 11) is 0. The monoisotopic (exact) mass is 439 g/mol. The Balaban J connectivity index is 1.29. The molecule has 1 aliphatic heterocycles. The van der Waals surface area contributed by atoms with Gasteiger partial charge in [-0.3, -0.25) is 9.59 Å². The van der Waals surface area contributed by atoms with Crippen molar-refractivity contribution in [2.24, 2.45) is 47.3 Å². The first-order valence-corrected chi connectivity index (χ1v) is 12.0. The summed E-state index contributed by atoms with van der Waals surface area (Å²) in [4.78, 5) is 28.4. The molecule has 6 fully saturated rings. The van der Waals surface area contributed by atoms with Crippen LogP contribution in [0.2, 0.25) is 10.0 Å². The SMILES string of the molecule is O=C1[C@@H]2[C@@H](C(=O)N1c1cc(Cl)cc(Cl)c1)[C@H]1C=C[C@@H]2C1=C1C2CC3CC(C2)CC1C3. The zero-order chi connectivity index (χ0) is 20.3. The van der Waals surface area contributed by atoms with Gasteiger partial charge in [0, 0.05) is 21.9 Å². The molecule has 0 spiro atoms. The van der Waals surface area contributed by atoms with Crippen molar-refractivity contribution in [3.8, 4) is 0 Å². The van der Waals surface area contributed by atoms with Gasteiger partial charge in [-0.2, -0.15) is 0 Å². The Hall–Kier alpha value is -1.58. The van der Waals surface area contributed by atoms with Gasteiger partial charge in [0.25, 0.3) is 0 Å². The fourth-order valence-corrected chi connectivity index (χ4v) is 8.75. The Morgan fingerprint density at radius 1 is 0.700 bits per heavy atom. The van der Waals surface area contributed by atoms with Crippen molar-refractivity contribution in [3.63, 3.8) is 0 Å². The summed E-state index contributed by atoms with van der Waals surface area (Å²) in [6.45, 7) is 0. The molecule has 8 rings (SSSR count). The first-order chi connectivity index (χ1) is 14.5. The van der Waals surface area contributed by atoms with E-state index < -0.39 is 0 Å². The lowest BCUT2D eigenvalue weighted by Gasteiger charge is -2.52. The highest BCUT2D eigenvalue weighted by Gasteiger charge is 2.63. The summed E-state index contributed by atoms with van der Waals surface area (Å²) in [6, 6.07) is 4.95. The number of anilines is 1. The maximum Gasteiger partial charge on any atom is 0.238 e. The Bertz CT molecular complexity index is 989. The molecule has 1 heterocycles. The second-order valence-electron chi connectivity index (χ2n) is 10.3. The Morgan fingerprint density at radius 2 is 1.20 bits per heavy atom. The normalized spacial score (nSPS) is 42.8. The van der Waals surface area contributed by atoms with Crippen LogP contribution >= 0.6 is 23.2 Å². The Kier molecular flexibility index (Phi) is 3.61. The van der Waals surface area contributed by atoms with Crippen LogP contribution in [0, 0.1) is 47.3 Å². The molecule has 2 amide bonds. The van der Waals surface area contributed by atoms with Gasteiger partial charge in [-0.1, -0.05) is 46.5 Å². The molecule has 4 atom stereocenters. The number of halogens is 2. The smallest absolute Gasteiger partial charge is 0.238 e. The van der Waals surface area contributed by atoms with Crippen LogP contribution in [-0.4, -0.2) is 11.8 Å². The van der Waals surface area contributed by atoms with E-state index in [9.17, 15) is 9.59 Å². The highest BCUT2D eigenvalue weighted by atomic mass is 35.5. The summed E-state index contributed by atoms with van der Waals surface area (Å²) in [5, 5.41) is 0.875. The number of rotatable bonds is 1. The van der Waals surface area contributed by atoms with Crippen LogP contribution in [0.5, 0.6) is 0 Å². The zero-order valence-corrected chi connectivity index (χ0v) is 18.1. The minimum Gasteiger partial charge on any atom is -0.274 e. The first kappa shape index (κ1) is 18.0. The van der Waals surface area contributed by atoms with E-state index in [1.165, 1.54) is 42.6 Å². The molecule has 1 saturated heterocycles. The van der Waals surface area contributed by atoms with E-state index in [-0.39, 0.29) is 35.5 Å². The first-order valence-electron chi connectivity index (χ1n) is 11.3. The number of benzene rings is 1. The molecule has 3 nitrogen and oxygen atoms in total. The molecule has 0 unspecified atom stereocenters. The van der Waals surface area contributed by atoms with Crippen molar-refractivity contribution in [3.05, 3.63) is 51.5 Å². The lowest BCUT2D eigenvalue weighted by atomic mass is 9.53. The number of amides is 2. The average molecular weight is 440 g/mol. The van der Waals surface area contributed by atoms with Crippen molar-refractivity contribution in [2.45, 2.75) is 32.1 Å². The van der Waals surface area contributed by atoms with Gasteiger partial charge in [0.15, 0.2) is 0 Å². The summed E-state index contributed by atoms with van der Waals surface area (Å²) in [6.07, 6.45) is 11.2. The van der Waals surface area contributed by atoms with Crippen LogP contribution in [-0.2, 0) is 9.59 Å². The van der Waals surface area contributed by atoms with Crippen LogP contribution in [0.25, 0.3) is 0 Å². The zero-order valence-electron chi connectivity index (χ0n) is 16.6. The quantitative estimate of drug-likeness (QED) is 0.417. The molecule has 1 aromatic rings. The molecular weight excluding hydrogens is 417 g/mol. The van der Waals surface area contributed by atoms with Crippen molar-refractivity contribution in [1.29, 1.82) is 0 Å². The Labute approximate surface area is 186 Å². The molecular formula is C25H23Cl2NO2. The lowest BCUT2D eigenvalue weighted by molar-refractivity contribution is -0.122. The van der Waals surface area contributed by atoms with Gasteiger partial charge >= 0.3 is 0 Å². The highest BCUT2D eigenvalue weighted by Crippen LogP contribution is 2.64. The van der Waals surface area contributed by atoms with E-state index in [0.29, 0.717) is 27.6 Å². The van der Waals surface area contributed by atoms with Gasteiger partial charge in [-0.05, 0) is 74.0 Å². The largest absolute Gasteiger partial charge is 0.274 e. The third-order valence-electron chi connectivity index (χ3n) is 8.87. The van der Waals surface area contributed by atoms with Gasteiger partial charge in [-0.15, -0.1) is 0 Å². The number of carbonyl (C=O) groups is 2. The van der Waals surface area contributed by atoms with Crippen LogP contribution in [0.4, 0.5) is 5.69 Å². The third kappa shape index (κ3) is 2.23. The second kappa shape index (κ2) is 6.01. The maximum atomic E-state index is 13.5. The average Bonchev–Trinajstić information content (AvgIpc) is 3.30. The third-order valence-corrected chi connectivity index (χ3v) is 9.31. The topological polar surface area (TPSA) is 37.4 Å². The van der Waals surface area contributed by atoms with Crippen molar-refractivity contribution < 1.29 is 9.59 Å². The second-order valence-corrected chi connectivity index (χ2v) is 11.2. The molecule has 0 radical (unpaired) electrons. The predicted octanol–water partition coefficient (Wildman–Crippen LogP) is 5.67. The Morgan fingerprint density at radius 3 is 1.70 bits per heavy atom. The van der Waals surface area contributed by atoms with Crippen LogP contribution in [0.1, 0.15) is 32.1 Å². The number of nitrogens with zero attached hydrogens (tertiary/aromatic N) is 1. The standard InChI is InChI=1S/C25H23Cl2NO2/c26-15-8-16(27)10-17(9-15)28-24(29)22-18-1-2-19(23(22)25(28)30)21(18)20-13-4-11-3-12(6-13)7-14(20)5-11/h1-2,8-14,18-19,22-23H,3-7H2/t11?,12?,13?,14?,18-,19+,22-,23-/m0/s1. The number of fused-ring (bicyclic) bond motifs is 5. The molecule has 1 aromatic carbocycles. The minimum absolute atomic E-state index is 0.0814. The molecule has 6 bridgehead atoms. The lowest BCUT2D eigenvalue weighted by Crippen LogP contribution is -2.41. The molecule has 6 aliphatic carbocycles. The fraction of sp³-hybridized carbons (Fsp3) is 0.520. The molecule has 154 valence electrons. The van der Waals surface area contributed by atoms with E-state index in [4.69, 9.17) is 23.2 Å². The highest BCUT2D eigenvalue weighted by molar-refractivity contribution is 6.35. The number of allylic oxidation sites excluding steroid dienone is 4. The molecule has 0 aromatic heterocycles. The maximum absolute atomic E-state index is 13.5. The van der Waals surface area contributed by atoms with E-state index in [1.54, 1.807) is 23.8 Å². The summed E-state index contributed by atoms with van der Waals surface area (Å²) >= 11 is 12.3. The van der Waals surface area contributed by atoms with Crippen molar-refractivity contribution >= 4 is 40.7 Å². The minimum atomic E-state index is -0.259. The number of carbonyl (C=O) groups excluding carboxylic acids is 2. The van der Waals surface area contributed by atoms with E-state index in [1.807, 2.05) is 0 Å². The van der Waals surface area contributed by atoms with Crippen LogP contribution in [0.15, 0.2) is 41.5 Å². The summed E-state index contributed by atoms with van der Waals surface area (Å²) < 4.78 is 0. The number of hydrogen-bond acceptors (Lipinski definition) is 2. The molecule has 5 saturated carbocycles. The molecule has 7 aliphatic rings. The number of imide groups is 1. The van der Waals surface area contributed by atoms with Crippen LogP contribution < -0.4 is 4.90 Å². The molecule has 30 heavy (non-hydrogen) atoms. The van der Waals surface area contributed by atoms with E-state index >= 15 is 0 Å². The van der Waals surface area contributed by atoms with Gasteiger partial charge < -0.3 is 0 Å². The van der Waals surface area contributed by atoms with Gasteiger partial charge in [-0.25, -0.2) is 4.90 Å². The van der Waals surface area contributed by atoms with Crippen LogP contribution in [0.3, 0.4) is 0 Å². The van der Waals surface area contributed by atoms with Gasteiger partial charge in [0.2, 0.25) is 11.8 Å². The molecule has 5 heteroatoms. The summed E-state index contributed by atoms with van der Waals surface area (Å²) in [5.74, 6) is 2.75. The predicted molar refractivity (Wildman–Crippen MR) is 116 cm³/mol.